The second-order valence-corrected chi connectivity index (χ2v) is 11.2. The highest BCUT2D eigenvalue weighted by molar-refractivity contribution is 6.55. The van der Waals surface area contributed by atoms with Crippen LogP contribution in [0.5, 0.6) is 0 Å². The number of rotatable bonds is 24. The molecule has 0 aliphatic rings. The van der Waals surface area contributed by atoms with Gasteiger partial charge in [-0.25, -0.2) is 0 Å². The average molecular weight is 549 g/mol. The summed E-state index contributed by atoms with van der Waals surface area (Å²) < 4.78 is 0. The Morgan fingerprint density at radius 1 is 0.462 bits per heavy atom. The molecule has 0 bridgehead atoms. The van der Waals surface area contributed by atoms with Crippen molar-refractivity contribution in [2.24, 2.45) is 0 Å². The molecule has 4 nitrogen and oxygen atoms in total. The highest BCUT2D eigenvalue weighted by Gasteiger charge is 1.96. The summed E-state index contributed by atoms with van der Waals surface area (Å²) in [7, 11) is -1.85. The van der Waals surface area contributed by atoms with Crippen LogP contribution in [0.4, 0.5) is 0 Å². The van der Waals surface area contributed by atoms with E-state index in [0.717, 1.165) is 6.42 Å². The maximum absolute atomic E-state index is 10.8. The predicted octanol–water partition coefficient (Wildman–Crippen LogP) is 4.87. The summed E-state index contributed by atoms with van der Waals surface area (Å²) in [5, 5.41) is 26.3. The SMILES string of the molecule is CCCCCCCCCCCCCCCCc1ccc(B([O-])[O-])cc1.CCC[NH2+]CCC.CCC[NH2+]CCC. The molecule has 1 aromatic rings. The van der Waals surface area contributed by atoms with Gasteiger partial charge in [0.05, 0.1) is 26.2 Å². The van der Waals surface area contributed by atoms with Crippen LogP contribution in [0.25, 0.3) is 0 Å². The van der Waals surface area contributed by atoms with Gasteiger partial charge in [0.25, 0.3) is 0 Å². The molecule has 230 valence electrons. The van der Waals surface area contributed by atoms with E-state index in [1.54, 1.807) is 12.1 Å². The van der Waals surface area contributed by atoms with Crippen LogP contribution < -0.4 is 26.1 Å². The van der Waals surface area contributed by atoms with Gasteiger partial charge in [-0.3, -0.25) is 0 Å². The first-order valence-corrected chi connectivity index (χ1v) is 17.1. The Balaban J connectivity index is 0. The molecular formula is C34H69BN2O2. The molecular weight excluding hydrogens is 479 g/mol. The molecule has 0 fully saturated rings. The highest BCUT2D eigenvalue weighted by Crippen LogP contribution is 2.13. The zero-order valence-corrected chi connectivity index (χ0v) is 27.1. The van der Waals surface area contributed by atoms with Gasteiger partial charge in [0.2, 0.25) is 0 Å². The second-order valence-electron chi connectivity index (χ2n) is 11.2. The molecule has 0 radical (unpaired) electrons. The zero-order chi connectivity index (χ0) is 29.2. The van der Waals surface area contributed by atoms with E-state index in [-0.39, 0.29) is 0 Å². The third-order valence-electron chi connectivity index (χ3n) is 7.04. The van der Waals surface area contributed by atoms with Gasteiger partial charge in [-0.05, 0) is 44.1 Å². The van der Waals surface area contributed by atoms with Crippen molar-refractivity contribution in [1.82, 2.24) is 0 Å². The Hall–Kier alpha value is -0.875. The van der Waals surface area contributed by atoms with Crippen LogP contribution >= 0.6 is 0 Å². The Bertz CT molecular complexity index is 537. The molecule has 0 aromatic heterocycles. The molecule has 0 heterocycles. The minimum absolute atomic E-state index is 0.352. The number of hydrogen-bond acceptors (Lipinski definition) is 2. The van der Waals surface area contributed by atoms with Crippen molar-refractivity contribution >= 4 is 12.6 Å². The molecule has 0 saturated heterocycles. The molecule has 0 aliphatic carbocycles. The highest BCUT2D eigenvalue weighted by atomic mass is 16.4. The molecule has 1 aromatic carbocycles. The summed E-state index contributed by atoms with van der Waals surface area (Å²) in [6.45, 7) is 16.3. The van der Waals surface area contributed by atoms with E-state index in [0.29, 0.717) is 5.46 Å². The van der Waals surface area contributed by atoms with E-state index in [1.165, 1.54) is 147 Å². The van der Waals surface area contributed by atoms with Crippen LogP contribution in [0.15, 0.2) is 24.3 Å². The van der Waals surface area contributed by atoms with Gasteiger partial charge >= 0.3 is 0 Å². The summed E-state index contributed by atoms with van der Waals surface area (Å²) >= 11 is 0. The van der Waals surface area contributed by atoms with Crippen molar-refractivity contribution < 1.29 is 20.7 Å². The quantitative estimate of drug-likeness (QED) is 0.143. The monoisotopic (exact) mass is 549 g/mol. The molecule has 0 amide bonds. The molecule has 39 heavy (non-hydrogen) atoms. The fraction of sp³-hybridized carbons (Fsp3) is 0.824. The summed E-state index contributed by atoms with van der Waals surface area (Å²) in [5.74, 6) is 0. The topological polar surface area (TPSA) is 79.3 Å². The second kappa shape index (κ2) is 35.2. The van der Waals surface area contributed by atoms with Gasteiger partial charge in [-0.1, -0.05) is 149 Å². The van der Waals surface area contributed by atoms with Crippen molar-refractivity contribution in [2.45, 2.75) is 157 Å². The standard InChI is InChI=1S/C22H37BO2.2C6H15N/c1-2-3-4-5-6-7-8-9-10-11-12-13-14-15-16-21-17-19-22(20-18-21)23(24)25;2*1-3-5-7-6-4-2/h17-20H,2-16H2,1H3;2*7H,3-6H2,1-2H3/q-2;;/p+2. The van der Waals surface area contributed by atoms with E-state index in [4.69, 9.17) is 0 Å². The van der Waals surface area contributed by atoms with Gasteiger partial charge in [0.15, 0.2) is 0 Å². The minimum Gasteiger partial charge on any atom is -0.889 e. The van der Waals surface area contributed by atoms with Gasteiger partial charge < -0.3 is 20.7 Å². The lowest BCUT2D eigenvalue weighted by atomic mass is 9.80. The summed E-state index contributed by atoms with van der Waals surface area (Å²) in [6.07, 6.45) is 25.6. The van der Waals surface area contributed by atoms with Crippen molar-refractivity contribution in [3.63, 3.8) is 0 Å². The van der Waals surface area contributed by atoms with Crippen LogP contribution in [-0.2, 0) is 6.42 Å². The lowest BCUT2D eigenvalue weighted by Gasteiger charge is -2.26. The molecule has 0 spiro atoms. The fourth-order valence-corrected chi connectivity index (χ4v) is 4.47. The molecule has 5 heteroatoms. The molecule has 1 rings (SSSR count). The number of unbranched alkanes of at least 4 members (excludes halogenated alkanes) is 13. The summed E-state index contributed by atoms with van der Waals surface area (Å²) in [5.41, 5.74) is 1.59. The number of quaternary nitrogens is 2. The lowest BCUT2D eigenvalue weighted by Crippen LogP contribution is -2.84. The van der Waals surface area contributed by atoms with Crippen LogP contribution in [-0.4, -0.2) is 33.3 Å². The number of aryl methyl sites for hydroxylation is 1. The molecule has 0 unspecified atom stereocenters. The first-order valence-electron chi connectivity index (χ1n) is 17.1. The molecule has 4 N–H and O–H groups in total. The summed E-state index contributed by atoms with van der Waals surface area (Å²) in [6, 6.07) is 7.23. The fourth-order valence-electron chi connectivity index (χ4n) is 4.47. The number of benzene rings is 1. The normalized spacial score (nSPS) is 10.4. The van der Waals surface area contributed by atoms with Crippen molar-refractivity contribution in [1.29, 1.82) is 0 Å². The third-order valence-corrected chi connectivity index (χ3v) is 7.04. The van der Waals surface area contributed by atoms with Gasteiger partial charge in [0.1, 0.15) is 0 Å². The van der Waals surface area contributed by atoms with Gasteiger partial charge in [-0.15, -0.1) is 5.46 Å². The van der Waals surface area contributed by atoms with E-state index >= 15 is 0 Å². The first-order chi connectivity index (χ1) is 19.1. The number of hydrogen-bond donors (Lipinski definition) is 2. The third kappa shape index (κ3) is 33.2. The van der Waals surface area contributed by atoms with Crippen LogP contribution in [0.2, 0.25) is 0 Å². The maximum Gasteiger partial charge on any atom is 0.0752 e. The van der Waals surface area contributed by atoms with Crippen molar-refractivity contribution in [2.75, 3.05) is 26.2 Å². The van der Waals surface area contributed by atoms with Crippen molar-refractivity contribution in [3.05, 3.63) is 29.8 Å². The van der Waals surface area contributed by atoms with Crippen molar-refractivity contribution in [3.8, 4) is 0 Å². The zero-order valence-electron chi connectivity index (χ0n) is 27.1. The van der Waals surface area contributed by atoms with E-state index in [9.17, 15) is 10.0 Å². The van der Waals surface area contributed by atoms with E-state index in [1.807, 2.05) is 12.1 Å². The van der Waals surface area contributed by atoms with Crippen LogP contribution in [0.1, 0.15) is 156 Å². The van der Waals surface area contributed by atoms with Crippen LogP contribution in [0.3, 0.4) is 0 Å². The largest absolute Gasteiger partial charge is 0.889 e. The Morgan fingerprint density at radius 2 is 0.795 bits per heavy atom. The molecule has 0 aliphatic heterocycles. The summed E-state index contributed by atoms with van der Waals surface area (Å²) in [4.78, 5) is 0. The first kappa shape index (κ1) is 40.3. The molecule has 0 atom stereocenters. The van der Waals surface area contributed by atoms with Crippen LogP contribution in [0, 0.1) is 0 Å². The maximum atomic E-state index is 10.8. The Morgan fingerprint density at radius 3 is 1.10 bits per heavy atom. The Kier molecular flexibility index (Phi) is 36.3. The van der Waals surface area contributed by atoms with Gasteiger partial charge in [-0.2, -0.15) is 0 Å². The Labute approximate surface area is 245 Å². The minimum atomic E-state index is -1.85. The average Bonchev–Trinajstić information content (AvgIpc) is 2.95. The molecule has 0 saturated carbocycles. The van der Waals surface area contributed by atoms with E-state index in [2.05, 4.69) is 45.3 Å². The van der Waals surface area contributed by atoms with E-state index < -0.39 is 7.12 Å². The number of nitrogens with two attached hydrogens (primary N) is 2. The van der Waals surface area contributed by atoms with Gasteiger partial charge in [0, 0.05) is 0 Å². The predicted molar refractivity (Wildman–Crippen MR) is 170 cm³/mol. The smallest absolute Gasteiger partial charge is 0.0752 e. The lowest BCUT2D eigenvalue weighted by molar-refractivity contribution is -0.654.